The van der Waals surface area contributed by atoms with Gasteiger partial charge < -0.3 is 19.5 Å². The van der Waals surface area contributed by atoms with E-state index in [1.54, 1.807) is 5.01 Å². The lowest BCUT2D eigenvalue weighted by molar-refractivity contribution is -0.286. The van der Waals surface area contributed by atoms with Gasteiger partial charge in [-0.15, -0.1) is 8.78 Å². The van der Waals surface area contributed by atoms with Crippen molar-refractivity contribution in [2.45, 2.75) is 52.4 Å². The van der Waals surface area contributed by atoms with Gasteiger partial charge >= 0.3 is 12.4 Å². The second kappa shape index (κ2) is 8.86. The van der Waals surface area contributed by atoms with Crippen molar-refractivity contribution < 1.29 is 32.6 Å². The van der Waals surface area contributed by atoms with Gasteiger partial charge in [0.1, 0.15) is 5.60 Å². The van der Waals surface area contributed by atoms with Crippen molar-refractivity contribution in [3.8, 4) is 11.5 Å². The largest absolute Gasteiger partial charge is 0.586 e. The molecule has 0 aromatic heterocycles. The fraction of sp³-hybridized carbons (Fsp3) is 0.619. The molecule has 0 unspecified atom stereocenters. The van der Waals surface area contributed by atoms with Gasteiger partial charge in [0.05, 0.1) is 0 Å². The molecule has 1 aromatic rings. The van der Waals surface area contributed by atoms with E-state index in [1.165, 1.54) is 18.2 Å². The van der Waals surface area contributed by atoms with E-state index in [0.29, 0.717) is 26.2 Å². The van der Waals surface area contributed by atoms with Gasteiger partial charge in [-0.1, -0.05) is 0 Å². The van der Waals surface area contributed by atoms with Gasteiger partial charge in [-0.3, -0.25) is 4.79 Å². The number of hydrogen-bond acceptors (Lipinski definition) is 6. The summed E-state index contributed by atoms with van der Waals surface area (Å²) >= 11 is 0. The zero-order chi connectivity index (χ0) is 22.8. The van der Waals surface area contributed by atoms with E-state index in [-0.39, 0.29) is 35.0 Å². The van der Waals surface area contributed by atoms with Gasteiger partial charge in [0.15, 0.2) is 11.5 Å². The summed E-state index contributed by atoms with van der Waals surface area (Å²) in [7, 11) is 0. The first-order valence-electron chi connectivity index (χ1n) is 10.4. The van der Waals surface area contributed by atoms with E-state index in [1.807, 2.05) is 32.7 Å². The summed E-state index contributed by atoms with van der Waals surface area (Å²) < 4.78 is 40.4. The molecule has 1 fully saturated rings. The van der Waals surface area contributed by atoms with E-state index in [2.05, 4.69) is 14.8 Å². The van der Waals surface area contributed by atoms with E-state index in [9.17, 15) is 18.4 Å². The molecule has 3 rings (SSSR count). The van der Waals surface area contributed by atoms with Crippen molar-refractivity contribution in [1.82, 2.24) is 15.3 Å². The highest BCUT2D eigenvalue weighted by molar-refractivity contribution is 5.94. The molecule has 2 aliphatic rings. The number of alkyl halides is 2. The Morgan fingerprint density at radius 2 is 1.87 bits per heavy atom. The van der Waals surface area contributed by atoms with Gasteiger partial charge in [-0.05, 0) is 64.7 Å². The number of fused-ring (bicyclic) bond motifs is 1. The fourth-order valence-corrected chi connectivity index (χ4v) is 3.55. The summed E-state index contributed by atoms with van der Waals surface area (Å²) in [5, 5.41) is 6.44. The highest BCUT2D eigenvalue weighted by atomic mass is 19.3. The maximum absolute atomic E-state index is 13.1. The van der Waals surface area contributed by atoms with Crippen LogP contribution in [0.3, 0.4) is 0 Å². The van der Waals surface area contributed by atoms with E-state index >= 15 is 0 Å². The Bertz CT molecular complexity index is 820. The smallest absolute Gasteiger partial charge is 0.443 e. The van der Waals surface area contributed by atoms with Crippen LogP contribution in [-0.2, 0) is 4.74 Å². The first-order valence-corrected chi connectivity index (χ1v) is 10.4. The van der Waals surface area contributed by atoms with Crippen LogP contribution in [0.1, 0.15) is 50.9 Å². The molecule has 1 N–H and O–H groups in total. The molecular weight excluding hydrogens is 412 g/mol. The van der Waals surface area contributed by atoms with Crippen LogP contribution in [0.15, 0.2) is 18.2 Å². The van der Waals surface area contributed by atoms with Crippen LogP contribution < -0.4 is 14.8 Å². The van der Waals surface area contributed by atoms with Crippen molar-refractivity contribution in [1.29, 1.82) is 0 Å². The average Bonchev–Trinajstić information content (AvgIpc) is 2.99. The number of hydrogen-bond donors (Lipinski definition) is 1. The lowest BCUT2D eigenvalue weighted by Crippen LogP contribution is -2.52. The van der Waals surface area contributed by atoms with Crippen LogP contribution in [0.25, 0.3) is 0 Å². The molecule has 0 spiro atoms. The monoisotopic (exact) mass is 441 g/mol. The summed E-state index contributed by atoms with van der Waals surface area (Å²) in [5.41, 5.74) is -0.336. The van der Waals surface area contributed by atoms with Gasteiger partial charge in [0, 0.05) is 31.7 Å². The number of hydrazine groups is 1. The van der Waals surface area contributed by atoms with Crippen molar-refractivity contribution in [2.24, 2.45) is 5.92 Å². The first kappa shape index (κ1) is 23.1. The van der Waals surface area contributed by atoms with Crippen LogP contribution in [0.2, 0.25) is 0 Å². The number of benzene rings is 1. The molecule has 31 heavy (non-hydrogen) atoms. The SMILES string of the molecule is CCN(C(=O)OC(C)(C)C)N1CCC(CNC(=O)c2ccc3c(c2)OC(F)(F)O3)CC1. The number of ether oxygens (including phenoxy) is 3. The maximum atomic E-state index is 13.1. The summed E-state index contributed by atoms with van der Waals surface area (Å²) in [4.78, 5) is 24.8. The minimum absolute atomic E-state index is 0.0978. The molecule has 2 aliphatic heterocycles. The van der Waals surface area contributed by atoms with Crippen molar-refractivity contribution in [3.05, 3.63) is 23.8 Å². The van der Waals surface area contributed by atoms with Crippen LogP contribution >= 0.6 is 0 Å². The lowest BCUT2D eigenvalue weighted by atomic mass is 9.97. The molecule has 2 amide bonds. The average molecular weight is 441 g/mol. The highest BCUT2D eigenvalue weighted by Crippen LogP contribution is 2.41. The molecule has 1 aromatic carbocycles. The van der Waals surface area contributed by atoms with Crippen LogP contribution in [0, 0.1) is 5.92 Å². The number of piperidine rings is 1. The predicted molar refractivity (Wildman–Crippen MR) is 108 cm³/mol. The van der Waals surface area contributed by atoms with Crippen LogP contribution in [-0.4, -0.2) is 60.1 Å². The molecule has 10 heteroatoms. The third kappa shape index (κ3) is 5.96. The molecule has 2 heterocycles. The number of rotatable bonds is 5. The quantitative estimate of drug-likeness (QED) is 0.752. The molecular formula is C21H29F2N3O5. The number of amides is 2. The van der Waals surface area contributed by atoms with Gasteiger partial charge in [-0.2, -0.15) is 0 Å². The minimum atomic E-state index is -3.71. The molecule has 0 atom stereocenters. The highest BCUT2D eigenvalue weighted by Gasteiger charge is 2.43. The van der Waals surface area contributed by atoms with E-state index < -0.39 is 11.9 Å². The van der Waals surface area contributed by atoms with Crippen LogP contribution in [0.4, 0.5) is 13.6 Å². The molecule has 1 saturated heterocycles. The number of carbonyl (C=O) groups excluding carboxylic acids is 2. The zero-order valence-corrected chi connectivity index (χ0v) is 18.2. The third-order valence-corrected chi connectivity index (χ3v) is 5.05. The number of halogens is 2. The molecule has 0 saturated carbocycles. The second-order valence-electron chi connectivity index (χ2n) is 8.63. The maximum Gasteiger partial charge on any atom is 0.586 e. The summed E-state index contributed by atoms with van der Waals surface area (Å²) in [6, 6.07) is 3.95. The molecule has 0 aliphatic carbocycles. The van der Waals surface area contributed by atoms with Gasteiger partial charge in [0.2, 0.25) is 0 Å². The fourth-order valence-electron chi connectivity index (χ4n) is 3.55. The Kier molecular flexibility index (Phi) is 6.59. The predicted octanol–water partition coefficient (Wildman–Crippen LogP) is 3.62. The first-order chi connectivity index (χ1) is 14.5. The van der Waals surface area contributed by atoms with Gasteiger partial charge in [0.25, 0.3) is 5.91 Å². The topological polar surface area (TPSA) is 80.3 Å². The molecule has 8 nitrogen and oxygen atoms in total. The number of carbonyl (C=O) groups is 2. The Morgan fingerprint density at radius 3 is 2.48 bits per heavy atom. The zero-order valence-electron chi connectivity index (χ0n) is 18.2. The van der Waals surface area contributed by atoms with Crippen molar-refractivity contribution in [3.63, 3.8) is 0 Å². The summed E-state index contributed by atoms with van der Waals surface area (Å²) in [6.07, 6.45) is -2.48. The second-order valence-corrected chi connectivity index (χ2v) is 8.63. The third-order valence-electron chi connectivity index (χ3n) is 5.05. The molecule has 0 bridgehead atoms. The van der Waals surface area contributed by atoms with Gasteiger partial charge in [-0.25, -0.2) is 14.8 Å². The molecule has 172 valence electrons. The summed E-state index contributed by atoms with van der Waals surface area (Å²) in [5.74, 6) is -0.379. The van der Waals surface area contributed by atoms with E-state index in [0.717, 1.165) is 12.8 Å². The Morgan fingerprint density at radius 1 is 1.23 bits per heavy atom. The Labute approximate surface area is 180 Å². The Balaban J connectivity index is 1.47. The number of nitrogens with one attached hydrogen (secondary N) is 1. The normalized spacial score (nSPS) is 18.5. The standard InChI is InChI=1S/C21H29F2N3O5/c1-5-26(19(28)31-20(2,3)4)25-10-8-14(9-11-25)13-24-18(27)15-6-7-16-17(12-15)30-21(22,23)29-16/h6-7,12,14H,5,8-11,13H2,1-4H3,(H,24,27). The summed E-state index contributed by atoms with van der Waals surface area (Å²) in [6.45, 7) is 9.71. The van der Waals surface area contributed by atoms with E-state index in [4.69, 9.17) is 4.74 Å². The van der Waals surface area contributed by atoms with Crippen molar-refractivity contribution >= 4 is 12.0 Å². The minimum Gasteiger partial charge on any atom is -0.443 e. The molecule has 0 radical (unpaired) electrons. The lowest BCUT2D eigenvalue weighted by Gasteiger charge is -2.39. The van der Waals surface area contributed by atoms with Crippen molar-refractivity contribution in [2.75, 3.05) is 26.2 Å². The Hall–Kier alpha value is -2.62. The van der Waals surface area contributed by atoms with Crippen LogP contribution in [0.5, 0.6) is 11.5 Å². The number of nitrogens with zero attached hydrogens (tertiary/aromatic N) is 2.